The number of nitrogens with zero attached hydrogens (tertiary/aromatic N) is 1. The maximum absolute atomic E-state index is 13.7. The monoisotopic (exact) mass is 432 g/mol. The highest BCUT2D eigenvalue weighted by molar-refractivity contribution is 6.25. The molecule has 5 N–H and O–H groups in total. The van der Waals surface area contributed by atoms with Crippen LogP contribution < -0.4 is 16.4 Å². The molecule has 2 saturated heterocycles. The third-order valence-corrected chi connectivity index (χ3v) is 7.49. The zero-order valence-corrected chi connectivity index (χ0v) is 17.6. The number of nitrogens with two attached hydrogens (primary N) is 1. The number of nitrogens with one attached hydrogen (secondary N) is 2. The molecule has 5 rings (SSSR count). The lowest BCUT2D eigenvalue weighted by atomic mass is 9.82. The number of aliphatic hydroxyl groups is 1. The molecule has 168 valence electrons. The maximum atomic E-state index is 13.7. The predicted molar refractivity (Wildman–Crippen MR) is 107 cm³/mol. The molecule has 3 aliphatic heterocycles. The van der Waals surface area contributed by atoms with Gasteiger partial charge in [-0.25, -0.2) is 4.79 Å². The fraction of sp³-hybridized carbons (Fsp3) is 0.667. The molecule has 5 aliphatic rings. The molecular formula is C21H28N4O6. The van der Waals surface area contributed by atoms with E-state index in [1.165, 1.54) is 7.11 Å². The Morgan fingerprint density at radius 1 is 1.32 bits per heavy atom. The van der Waals surface area contributed by atoms with Crippen molar-refractivity contribution in [1.29, 1.82) is 0 Å². The highest BCUT2D eigenvalue weighted by Crippen LogP contribution is 2.55. The predicted octanol–water partition coefficient (Wildman–Crippen LogP) is -0.717. The molecular weight excluding hydrogens is 404 g/mol. The van der Waals surface area contributed by atoms with Crippen LogP contribution in [0.15, 0.2) is 22.5 Å². The molecule has 31 heavy (non-hydrogen) atoms. The molecule has 10 nitrogen and oxygen atoms in total. The fourth-order valence-electron chi connectivity index (χ4n) is 5.93. The summed E-state index contributed by atoms with van der Waals surface area (Å²) in [5.74, 6) is -1.22. The number of Topliss-reactive ketones (excluding diaryl/α,β-unsaturated/α-hetero) is 2. The number of amides is 1. The Bertz CT molecular complexity index is 929. The second-order valence-electron chi connectivity index (χ2n) is 9.02. The summed E-state index contributed by atoms with van der Waals surface area (Å²) >= 11 is 0. The Morgan fingerprint density at radius 3 is 2.74 bits per heavy atom. The average Bonchev–Trinajstić information content (AvgIpc) is 3.35. The topological polar surface area (TPSA) is 153 Å². The van der Waals surface area contributed by atoms with Crippen LogP contribution in [0, 0.1) is 5.92 Å². The molecule has 0 aromatic rings. The maximum Gasteiger partial charge on any atom is 0.404 e. The molecule has 6 atom stereocenters. The van der Waals surface area contributed by atoms with Crippen molar-refractivity contribution < 1.29 is 29.0 Å². The first kappa shape index (κ1) is 20.5. The van der Waals surface area contributed by atoms with E-state index in [2.05, 4.69) is 10.6 Å². The number of rotatable bonds is 5. The van der Waals surface area contributed by atoms with Gasteiger partial charge in [-0.3, -0.25) is 9.59 Å². The van der Waals surface area contributed by atoms with E-state index in [4.69, 9.17) is 15.2 Å². The van der Waals surface area contributed by atoms with Gasteiger partial charge < -0.3 is 35.8 Å². The van der Waals surface area contributed by atoms with Crippen molar-refractivity contribution in [2.45, 2.75) is 62.6 Å². The summed E-state index contributed by atoms with van der Waals surface area (Å²) in [6.45, 7) is 2.00. The lowest BCUT2D eigenvalue weighted by molar-refractivity contribution is -0.137. The Kier molecular flexibility index (Phi) is 4.65. The fourth-order valence-corrected chi connectivity index (χ4v) is 5.93. The van der Waals surface area contributed by atoms with E-state index in [1.807, 2.05) is 4.90 Å². The van der Waals surface area contributed by atoms with Gasteiger partial charge in [0.15, 0.2) is 5.72 Å². The molecule has 1 saturated carbocycles. The SMILES string of the molecule is CO[C@@]12[C@H](COC(N)=O)C3=C(C(=O)C(C)=C(N[C@H]4CCCC[C@@H]4O)C3=O)N1C[C@@H]1N[C@@H]12. The molecule has 0 spiro atoms. The van der Waals surface area contributed by atoms with E-state index < -0.39 is 23.8 Å². The molecule has 0 aromatic heterocycles. The van der Waals surface area contributed by atoms with Crippen LogP contribution in [0.2, 0.25) is 0 Å². The number of carbonyl (C=O) groups is 3. The molecule has 10 heteroatoms. The zero-order valence-electron chi connectivity index (χ0n) is 17.6. The first-order valence-electron chi connectivity index (χ1n) is 10.8. The quantitative estimate of drug-likeness (QED) is 0.326. The van der Waals surface area contributed by atoms with Crippen LogP contribution in [0.4, 0.5) is 4.79 Å². The Labute approximate surface area is 179 Å². The van der Waals surface area contributed by atoms with E-state index >= 15 is 0 Å². The number of carbonyl (C=O) groups excluding carboxylic acids is 3. The van der Waals surface area contributed by atoms with E-state index in [-0.39, 0.29) is 42.0 Å². The van der Waals surface area contributed by atoms with Crippen molar-refractivity contribution in [2.24, 2.45) is 11.7 Å². The second kappa shape index (κ2) is 7.04. The summed E-state index contributed by atoms with van der Waals surface area (Å²) in [6, 6.07) is -0.221. The number of aliphatic hydroxyl groups excluding tert-OH is 1. The lowest BCUT2D eigenvalue weighted by Gasteiger charge is -2.39. The summed E-state index contributed by atoms with van der Waals surface area (Å²) < 4.78 is 11.1. The minimum absolute atomic E-state index is 0.0814. The molecule has 0 bridgehead atoms. The highest BCUT2D eigenvalue weighted by Gasteiger charge is 2.72. The number of fused-ring (bicyclic) bond motifs is 4. The molecule has 3 fully saturated rings. The van der Waals surface area contributed by atoms with Gasteiger partial charge in [0.25, 0.3) is 0 Å². The molecule has 2 aliphatic carbocycles. The smallest absolute Gasteiger partial charge is 0.404 e. The van der Waals surface area contributed by atoms with Gasteiger partial charge in [0.05, 0.1) is 35.5 Å². The van der Waals surface area contributed by atoms with Crippen molar-refractivity contribution in [1.82, 2.24) is 15.5 Å². The van der Waals surface area contributed by atoms with Gasteiger partial charge in [-0.05, 0) is 19.8 Å². The standard InChI is InChI=1S/C21H28N4O6/c1-9-15(23-11-5-3-4-6-13(11)26)18(28)14-10(8-31-20(22)29)21(30-2)19-12(24-19)7-25(21)16(14)17(9)27/h10-13,19,23-24,26H,3-8H2,1-2H3,(H2,22,29)/t10-,11+,12+,13+,19+,21-/m1/s1. The molecule has 0 aromatic carbocycles. The van der Waals surface area contributed by atoms with E-state index in [1.54, 1.807) is 6.92 Å². The van der Waals surface area contributed by atoms with Crippen molar-refractivity contribution in [3.63, 3.8) is 0 Å². The summed E-state index contributed by atoms with van der Waals surface area (Å²) in [4.78, 5) is 40.4. The number of ketones is 2. The van der Waals surface area contributed by atoms with Gasteiger partial charge in [0.2, 0.25) is 11.6 Å². The van der Waals surface area contributed by atoms with Crippen LogP contribution >= 0.6 is 0 Å². The minimum atomic E-state index is -0.990. The van der Waals surface area contributed by atoms with Crippen LogP contribution in [0.25, 0.3) is 0 Å². The largest absolute Gasteiger partial charge is 0.449 e. The van der Waals surface area contributed by atoms with Crippen molar-refractivity contribution >= 4 is 17.7 Å². The Hall–Kier alpha value is -2.43. The first-order chi connectivity index (χ1) is 14.8. The molecule has 0 unspecified atom stereocenters. The van der Waals surface area contributed by atoms with Crippen LogP contribution in [-0.4, -0.2) is 77.9 Å². The van der Waals surface area contributed by atoms with Crippen molar-refractivity contribution in [3.8, 4) is 0 Å². The van der Waals surface area contributed by atoms with E-state index in [0.717, 1.165) is 19.3 Å². The highest BCUT2D eigenvalue weighted by atomic mass is 16.6. The van der Waals surface area contributed by atoms with Gasteiger partial charge in [0.1, 0.15) is 6.61 Å². The Balaban J connectivity index is 1.53. The van der Waals surface area contributed by atoms with Crippen molar-refractivity contribution in [3.05, 3.63) is 22.5 Å². The number of allylic oxidation sites excluding steroid dienone is 2. The molecule has 3 heterocycles. The van der Waals surface area contributed by atoms with Gasteiger partial charge in [-0.1, -0.05) is 12.8 Å². The number of primary amides is 1. The van der Waals surface area contributed by atoms with E-state index in [0.29, 0.717) is 29.8 Å². The third-order valence-electron chi connectivity index (χ3n) is 7.49. The average molecular weight is 432 g/mol. The number of ether oxygens (including phenoxy) is 2. The summed E-state index contributed by atoms with van der Waals surface area (Å²) in [5.41, 5.74) is 5.38. The zero-order chi connectivity index (χ0) is 22.1. The molecule has 1 amide bonds. The number of hydrogen-bond acceptors (Lipinski definition) is 9. The van der Waals surface area contributed by atoms with Gasteiger partial charge in [-0.15, -0.1) is 0 Å². The first-order valence-corrected chi connectivity index (χ1v) is 10.8. The Morgan fingerprint density at radius 2 is 2.06 bits per heavy atom. The second-order valence-corrected chi connectivity index (χ2v) is 9.02. The lowest BCUT2D eigenvalue weighted by Crippen LogP contribution is -2.55. The molecule has 0 radical (unpaired) electrons. The summed E-state index contributed by atoms with van der Waals surface area (Å²) in [7, 11) is 1.54. The number of piperazine rings is 1. The number of methoxy groups -OCH3 is 1. The normalized spacial score (nSPS) is 38.8. The minimum Gasteiger partial charge on any atom is -0.449 e. The van der Waals surface area contributed by atoms with Crippen LogP contribution in [0.5, 0.6) is 0 Å². The summed E-state index contributed by atoms with van der Waals surface area (Å²) in [6.07, 6.45) is 1.74. The summed E-state index contributed by atoms with van der Waals surface area (Å²) in [5, 5.41) is 16.9. The van der Waals surface area contributed by atoms with Crippen LogP contribution in [0.3, 0.4) is 0 Å². The third kappa shape index (κ3) is 2.78. The van der Waals surface area contributed by atoms with Crippen LogP contribution in [-0.2, 0) is 19.1 Å². The number of hydrogen-bond donors (Lipinski definition) is 4. The van der Waals surface area contributed by atoms with Gasteiger partial charge in [0, 0.05) is 30.8 Å². The van der Waals surface area contributed by atoms with Gasteiger partial charge >= 0.3 is 6.09 Å². The van der Waals surface area contributed by atoms with Crippen molar-refractivity contribution in [2.75, 3.05) is 20.3 Å². The van der Waals surface area contributed by atoms with E-state index in [9.17, 15) is 19.5 Å². The van der Waals surface area contributed by atoms with Crippen LogP contribution in [0.1, 0.15) is 32.6 Å². The van der Waals surface area contributed by atoms with Gasteiger partial charge in [-0.2, -0.15) is 0 Å².